The van der Waals surface area contributed by atoms with Gasteiger partial charge in [0.2, 0.25) is 0 Å². The summed E-state index contributed by atoms with van der Waals surface area (Å²) in [5.74, 6) is 0.623. The predicted molar refractivity (Wildman–Crippen MR) is 126 cm³/mol. The lowest BCUT2D eigenvalue weighted by Crippen LogP contribution is -2.41. The number of para-hydroxylation sites is 1. The summed E-state index contributed by atoms with van der Waals surface area (Å²) in [7, 11) is 0. The number of hydrogen-bond donors (Lipinski definition) is 1. The van der Waals surface area contributed by atoms with Crippen LogP contribution >= 0.6 is 11.6 Å². The van der Waals surface area contributed by atoms with Crippen molar-refractivity contribution < 1.29 is 4.79 Å². The second-order valence-electron chi connectivity index (χ2n) is 7.72. The number of halogens is 1. The minimum absolute atomic E-state index is 0.182. The lowest BCUT2D eigenvalue weighted by atomic mass is 10.1. The fourth-order valence-corrected chi connectivity index (χ4v) is 4.20. The number of carbonyl (C=O) groups is 1. The molecule has 0 radical (unpaired) electrons. The smallest absolute Gasteiger partial charge is 0.323 e. The van der Waals surface area contributed by atoms with Crippen LogP contribution in [-0.4, -0.2) is 27.3 Å². The third-order valence-electron chi connectivity index (χ3n) is 5.73. The number of nitrogens with zero attached hydrogens (tertiary/aromatic N) is 4. The largest absolute Gasteiger partial charge is 0.334 e. The Hall–Kier alpha value is -3.64. The second-order valence-corrected chi connectivity index (χ2v) is 8.16. The molecule has 0 spiro atoms. The highest BCUT2D eigenvalue weighted by Gasteiger charge is 2.29. The van der Waals surface area contributed by atoms with Crippen LogP contribution in [0.25, 0.3) is 16.9 Å². The second kappa shape index (κ2) is 8.48. The molecule has 1 aliphatic rings. The molecule has 5 rings (SSSR count). The van der Waals surface area contributed by atoms with Gasteiger partial charge in [-0.3, -0.25) is 4.90 Å². The van der Waals surface area contributed by atoms with Gasteiger partial charge < -0.3 is 5.32 Å². The standard InChI is InChI=1S/C25H22ClN5O/c1-17-21-13-15-30(25(32)28-16-18-9-11-19(26)12-10-18)24-22(8-5-14-27-24)23(21)29-31(17)20-6-3-2-4-7-20/h2-12,14H,13,15-16H2,1H3,(H,28,32). The number of aromatic nitrogens is 3. The Balaban J connectivity index is 1.46. The van der Waals surface area contributed by atoms with Crippen LogP contribution in [0.1, 0.15) is 16.8 Å². The van der Waals surface area contributed by atoms with Crippen LogP contribution in [0.3, 0.4) is 0 Å². The summed E-state index contributed by atoms with van der Waals surface area (Å²) < 4.78 is 1.97. The van der Waals surface area contributed by atoms with Crippen LogP contribution in [0.15, 0.2) is 72.9 Å². The average molecular weight is 444 g/mol. The molecule has 0 unspecified atom stereocenters. The van der Waals surface area contributed by atoms with Crippen molar-refractivity contribution in [3.05, 3.63) is 94.8 Å². The summed E-state index contributed by atoms with van der Waals surface area (Å²) in [5, 5.41) is 8.60. The molecular formula is C25H22ClN5O. The first-order chi connectivity index (χ1) is 15.6. The maximum atomic E-state index is 13.1. The number of hydrogen-bond acceptors (Lipinski definition) is 3. The first-order valence-electron chi connectivity index (χ1n) is 10.5. The van der Waals surface area contributed by atoms with Gasteiger partial charge in [-0.15, -0.1) is 0 Å². The van der Waals surface area contributed by atoms with E-state index in [2.05, 4.69) is 17.2 Å². The van der Waals surface area contributed by atoms with Crippen LogP contribution in [0.4, 0.5) is 10.6 Å². The molecule has 0 saturated heterocycles. The molecule has 0 aliphatic carbocycles. The van der Waals surface area contributed by atoms with Gasteiger partial charge in [0.25, 0.3) is 0 Å². The SMILES string of the molecule is Cc1c2c(nn1-c1ccccc1)-c1cccnc1N(C(=O)NCc1ccc(Cl)cc1)CC2. The molecular weight excluding hydrogens is 422 g/mol. The number of benzene rings is 2. The Bertz CT molecular complexity index is 1270. The molecule has 3 heterocycles. The fraction of sp³-hybridized carbons (Fsp3) is 0.160. The summed E-state index contributed by atoms with van der Waals surface area (Å²) in [4.78, 5) is 19.4. The van der Waals surface area contributed by atoms with Crippen molar-refractivity contribution in [1.29, 1.82) is 0 Å². The van der Waals surface area contributed by atoms with E-state index >= 15 is 0 Å². The summed E-state index contributed by atoms with van der Waals surface area (Å²) >= 11 is 5.96. The van der Waals surface area contributed by atoms with E-state index in [1.807, 2.05) is 71.4 Å². The molecule has 0 atom stereocenters. The van der Waals surface area contributed by atoms with E-state index in [9.17, 15) is 4.79 Å². The molecule has 2 aromatic heterocycles. The average Bonchev–Trinajstić information content (AvgIpc) is 3.06. The monoisotopic (exact) mass is 443 g/mol. The van der Waals surface area contributed by atoms with Crippen molar-refractivity contribution in [3.63, 3.8) is 0 Å². The minimum Gasteiger partial charge on any atom is -0.334 e. The van der Waals surface area contributed by atoms with Crippen molar-refractivity contribution >= 4 is 23.4 Å². The van der Waals surface area contributed by atoms with Gasteiger partial charge in [0.1, 0.15) is 5.82 Å². The molecule has 1 N–H and O–H groups in total. The van der Waals surface area contributed by atoms with E-state index in [-0.39, 0.29) is 6.03 Å². The van der Waals surface area contributed by atoms with Gasteiger partial charge in [0.15, 0.2) is 0 Å². The van der Waals surface area contributed by atoms with Gasteiger partial charge in [0, 0.05) is 41.1 Å². The topological polar surface area (TPSA) is 63.1 Å². The number of pyridine rings is 1. The van der Waals surface area contributed by atoms with Crippen LogP contribution in [0.2, 0.25) is 5.02 Å². The maximum Gasteiger partial charge on any atom is 0.323 e. The van der Waals surface area contributed by atoms with Gasteiger partial charge in [-0.05, 0) is 55.3 Å². The predicted octanol–water partition coefficient (Wildman–Crippen LogP) is 5.17. The van der Waals surface area contributed by atoms with E-state index in [4.69, 9.17) is 16.7 Å². The number of anilines is 1. The molecule has 32 heavy (non-hydrogen) atoms. The Morgan fingerprint density at radius 3 is 2.62 bits per heavy atom. The zero-order valence-electron chi connectivity index (χ0n) is 17.6. The molecule has 1 aliphatic heterocycles. The third kappa shape index (κ3) is 3.74. The molecule has 2 aromatic carbocycles. The highest BCUT2D eigenvalue weighted by molar-refractivity contribution is 6.30. The summed E-state index contributed by atoms with van der Waals surface area (Å²) in [6.07, 6.45) is 2.41. The molecule has 160 valence electrons. The summed E-state index contributed by atoms with van der Waals surface area (Å²) in [6, 6.07) is 21.2. The van der Waals surface area contributed by atoms with Gasteiger partial charge in [-0.2, -0.15) is 5.10 Å². The zero-order valence-corrected chi connectivity index (χ0v) is 18.4. The normalized spacial score (nSPS) is 12.6. The Morgan fingerprint density at radius 1 is 1.06 bits per heavy atom. The van der Waals surface area contributed by atoms with Crippen LogP contribution in [0, 0.1) is 6.92 Å². The lowest BCUT2D eigenvalue weighted by molar-refractivity contribution is 0.246. The van der Waals surface area contributed by atoms with Gasteiger partial charge in [0.05, 0.1) is 11.4 Å². The van der Waals surface area contributed by atoms with E-state index in [1.165, 1.54) is 0 Å². The summed E-state index contributed by atoms with van der Waals surface area (Å²) in [6.45, 7) is 3.01. The van der Waals surface area contributed by atoms with Crippen molar-refractivity contribution in [3.8, 4) is 16.9 Å². The van der Waals surface area contributed by atoms with Gasteiger partial charge >= 0.3 is 6.03 Å². The molecule has 2 amide bonds. The highest BCUT2D eigenvalue weighted by Crippen LogP contribution is 2.36. The zero-order chi connectivity index (χ0) is 22.1. The number of rotatable bonds is 3. The Morgan fingerprint density at radius 2 is 1.84 bits per heavy atom. The quantitative estimate of drug-likeness (QED) is 0.475. The van der Waals surface area contributed by atoms with Crippen molar-refractivity contribution in [2.75, 3.05) is 11.4 Å². The number of carbonyl (C=O) groups excluding carboxylic acids is 1. The van der Waals surface area contributed by atoms with Crippen molar-refractivity contribution in [2.24, 2.45) is 0 Å². The number of nitrogens with one attached hydrogen (secondary N) is 1. The fourth-order valence-electron chi connectivity index (χ4n) is 4.07. The minimum atomic E-state index is -0.182. The first-order valence-corrected chi connectivity index (χ1v) is 10.9. The molecule has 0 bridgehead atoms. The van der Waals surface area contributed by atoms with Gasteiger partial charge in [-0.1, -0.05) is 41.9 Å². The van der Waals surface area contributed by atoms with Crippen LogP contribution < -0.4 is 10.2 Å². The Labute approximate surface area is 191 Å². The summed E-state index contributed by atoms with van der Waals surface area (Å²) in [5.41, 5.74) is 5.95. The van der Waals surface area contributed by atoms with E-state index in [1.54, 1.807) is 11.1 Å². The maximum absolute atomic E-state index is 13.1. The molecule has 4 aromatic rings. The van der Waals surface area contributed by atoms with Crippen molar-refractivity contribution in [2.45, 2.75) is 19.9 Å². The van der Waals surface area contributed by atoms with Gasteiger partial charge in [-0.25, -0.2) is 14.5 Å². The number of amides is 2. The lowest BCUT2D eigenvalue weighted by Gasteiger charge is -2.22. The van der Waals surface area contributed by atoms with Crippen molar-refractivity contribution in [1.82, 2.24) is 20.1 Å². The van der Waals surface area contributed by atoms with E-state index in [0.29, 0.717) is 30.4 Å². The molecule has 0 saturated carbocycles. The molecule has 6 nitrogen and oxygen atoms in total. The third-order valence-corrected chi connectivity index (χ3v) is 5.98. The van der Waals surface area contributed by atoms with Crippen LogP contribution in [-0.2, 0) is 13.0 Å². The first kappa shape index (κ1) is 20.3. The number of urea groups is 1. The molecule has 7 heteroatoms. The van der Waals surface area contributed by atoms with E-state index < -0.39 is 0 Å². The Kier molecular flexibility index (Phi) is 5.37. The molecule has 0 fully saturated rings. The highest BCUT2D eigenvalue weighted by atomic mass is 35.5. The number of fused-ring (bicyclic) bond motifs is 3. The van der Waals surface area contributed by atoms with Crippen LogP contribution in [0.5, 0.6) is 0 Å². The van der Waals surface area contributed by atoms with E-state index in [0.717, 1.165) is 33.8 Å².